The molecule has 0 aliphatic heterocycles. The van der Waals surface area contributed by atoms with Crippen molar-refractivity contribution in [3.8, 4) is 0 Å². The van der Waals surface area contributed by atoms with Gasteiger partial charge in [0.15, 0.2) is 0 Å². The van der Waals surface area contributed by atoms with E-state index in [1.165, 1.54) is 6.07 Å². The van der Waals surface area contributed by atoms with Gasteiger partial charge in [-0.05, 0) is 43.7 Å². The highest BCUT2D eigenvalue weighted by atomic mass is 32.2. The molecule has 1 aliphatic carbocycles. The van der Waals surface area contributed by atoms with Crippen LogP contribution in [0.1, 0.15) is 32.6 Å². The monoisotopic (exact) mass is 240 g/mol. The summed E-state index contributed by atoms with van der Waals surface area (Å²) in [6.45, 7) is 2.22. The highest BCUT2D eigenvalue weighted by molar-refractivity contribution is 7.85. The van der Waals surface area contributed by atoms with Gasteiger partial charge in [0.2, 0.25) is 0 Å². The van der Waals surface area contributed by atoms with E-state index in [1.807, 2.05) is 0 Å². The van der Waals surface area contributed by atoms with Crippen LogP contribution < -0.4 is 0 Å². The highest BCUT2D eigenvalue weighted by Crippen LogP contribution is 2.29. The predicted molar refractivity (Wildman–Crippen MR) is 64.2 cm³/mol. The Balaban J connectivity index is 2.11. The van der Waals surface area contributed by atoms with Crippen molar-refractivity contribution in [2.24, 2.45) is 5.92 Å². The van der Waals surface area contributed by atoms with Gasteiger partial charge >= 0.3 is 0 Å². The number of hydrogen-bond donors (Lipinski definition) is 0. The van der Waals surface area contributed by atoms with Crippen LogP contribution in [0.4, 0.5) is 4.39 Å². The fraction of sp³-hybridized carbons (Fsp3) is 0.538. The zero-order chi connectivity index (χ0) is 11.5. The van der Waals surface area contributed by atoms with Crippen molar-refractivity contribution in [3.05, 3.63) is 30.1 Å². The SMILES string of the molecule is CC1CCC(S(=O)c2ccccc2F)CC1. The molecule has 1 saturated carbocycles. The summed E-state index contributed by atoms with van der Waals surface area (Å²) >= 11 is 0. The standard InChI is InChI=1S/C13H17FOS/c1-10-6-8-11(9-7-10)16(15)13-5-3-2-4-12(13)14/h2-5,10-11H,6-9H2,1H3. The summed E-state index contributed by atoms with van der Waals surface area (Å²) in [5.74, 6) is 0.397. The van der Waals surface area contributed by atoms with Crippen molar-refractivity contribution in [1.29, 1.82) is 0 Å². The van der Waals surface area contributed by atoms with Crippen molar-refractivity contribution < 1.29 is 8.60 Å². The minimum atomic E-state index is -1.17. The second-order valence-corrected chi connectivity index (χ2v) is 6.31. The highest BCUT2D eigenvalue weighted by Gasteiger charge is 2.25. The maximum Gasteiger partial charge on any atom is 0.139 e. The van der Waals surface area contributed by atoms with E-state index < -0.39 is 10.8 Å². The van der Waals surface area contributed by atoms with Gasteiger partial charge in [0.1, 0.15) is 5.82 Å². The molecule has 0 spiro atoms. The molecule has 0 bridgehead atoms. The first-order chi connectivity index (χ1) is 7.68. The number of halogens is 1. The summed E-state index contributed by atoms with van der Waals surface area (Å²) in [7, 11) is -1.17. The topological polar surface area (TPSA) is 17.1 Å². The lowest BCUT2D eigenvalue weighted by atomic mass is 9.91. The third-order valence-corrected chi connectivity index (χ3v) is 5.16. The Morgan fingerprint density at radius 3 is 2.44 bits per heavy atom. The first-order valence-corrected chi connectivity index (χ1v) is 7.05. The fourth-order valence-electron chi connectivity index (χ4n) is 2.23. The van der Waals surface area contributed by atoms with Gasteiger partial charge in [-0.15, -0.1) is 0 Å². The van der Waals surface area contributed by atoms with Crippen molar-refractivity contribution in [2.75, 3.05) is 0 Å². The van der Waals surface area contributed by atoms with E-state index in [0.717, 1.165) is 31.6 Å². The maximum absolute atomic E-state index is 13.5. The Morgan fingerprint density at radius 1 is 1.19 bits per heavy atom. The fourth-order valence-corrected chi connectivity index (χ4v) is 3.76. The summed E-state index contributed by atoms with van der Waals surface area (Å²) in [6.07, 6.45) is 4.15. The molecule has 3 heteroatoms. The van der Waals surface area contributed by atoms with Crippen LogP contribution in [0.5, 0.6) is 0 Å². The van der Waals surface area contributed by atoms with Gasteiger partial charge in [0, 0.05) is 5.25 Å². The van der Waals surface area contributed by atoms with Gasteiger partial charge in [0.05, 0.1) is 15.7 Å². The second kappa shape index (κ2) is 5.09. The molecule has 0 amide bonds. The molecular formula is C13H17FOS. The lowest BCUT2D eigenvalue weighted by molar-refractivity contribution is 0.388. The molecule has 1 fully saturated rings. The quantitative estimate of drug-likeness (QED) is 0.773. The van der Waals surface area contributed by atoms with Crippen LogP contribution >= 0.6 is 0 Å². The Hall–Kier alpha value is -0.700. The molecule has 0 aromatic heterocycles. The minimum Gasteiger partial charge on any atom is -0.254 e. The molecule has 0 heterocycles. The van der Waals surface area contributed by atoms with Crippen molar-refractivity contribution in [1.82, 2.24) is 0 Å². The summed E-state index contributed by atoms with van der Waals surface area (Å²) < 4.78 is 25.7. The summed E-state index contributed by atoms with van der Waals surface area (Å²) in [6, 6.07) is 6.42. The molecule has 0 saturated heterocycles. The molecule has 88 valence electrons. The molecule has 1 aromatic rings. The van der Waals surface area contributed by atoms with Crippen LogP contribution in [0, 0.1) is 11.7 Å². The molecular weight excluding hydrogens is 223 g/mol. The first-order valence-electron chi connectivity index (χ1n) is 5.83. The van der Waals surface area contributed by atoms with E-state index in [0.29, 0.717) is 4.90 Å². The largest absolute Gasteiger partial charge is 0.254 e. The summed E-state index contributed by atoms with van der Waals surface area (Å²) in [4.78, 5) is 0.377. The molecule has 1 unspecified atom stereocenters. The van der Waals surface area contributed by atoms with E-state index in [4.69, 9.17) is 0 Å². The van der Waals surface area contributed by atoms with Gasteiger partial charge < -0.3 is 0 Å². The van der Waals surface area contributed by atoms with Crippen LogP contribution in [0.25, 0.3) is 0 Å². The lowest BCUT2D eigenvalue weighted by Crippen LogP contribution is -2.22. The third kappa shape index (κ3) is 2.51. The number of benzene rings is 1. The number of rotatable bonds is 2. The molecule has 16 heavy (non-hydrogen) atoms. The van der Waals surface area contributed by atoms with Crippen molar-refractivity contribution in [2.45, 2.75) is 42.8 Å². The smallest absolute Gasteiger partial charge is 0.139 e. The molecule has 0 radical (unpaired) electrons. The average molecular weight is 240 g/mol. The van der Waals surface area contributed by atoms with Gasteiger partial charge in [-0.1, -0.05) is 19.1 Å². The molecule has 0 N–H and O–H groups in total. The number of hydrogen-bond acceptors (Lipinski definition) is 1. The Bertz CT molecular complexity index is 383. The van der Waals surface area contributed by atoms with Crippen LogP contribution in [0.3, 0.4) is 0 Å². The molecule has 1 atom stereocenters. The van der Waals surface area contributed by atoms with Gasteiger partial charge in [0.25, 0.3) is 0 Å². The van der Waals surface area contributed by atoms with E-state index in [1.54, 1.807) is 18.2 Å². The summed E-state index contributed by atoms with van der Waals surface area (Å²) in [5, 5.41) is 0.146. The van der Waals surface area contributed by atoms with Crippen LogP contribution in [0.15, 0.2) is 29.2 Å². The zero-order valence-corrected chi connectivity index (χ0v) is 10.3. The average Bonchev–Trinajstić information content (AvgIpc) is 2.30. The first kappa shape index (κ1) is 11.8. The van der Waals surface area contributed by atoms with E-state index >= 15 is 0 Å². The normalized spacial score (nSPS) is 27.6. The lowest BCUT2D eigenvalue weighted by Gasteiger charge is -2.25. The molecule has 1 aromatic carbocycles. The van der Waals surface area contributed by atoms with E-state index in [9.17, 15) is 8.60 Å². The predicted octanol–water partition coefficient (Wildman–Crippen LogP) is 3.51. The van der Waals surface area contributed by atoms with Crippen LogP contribution in [-0.2, 0) is 10.8 Å². The van der Waals surface area contributed by atoms with E-state index in [2.05, 4.69) is 6.92 Å². The molecule has 1 nitrogen and oxygen atoms in total. The van der Waals surface area contributed by atoms with Gasteiger partial charge in [-0.2, -0.15) is 0 Å². The molecule has 2 rings (SSSR count). The summed E-state index contributed by atoms with van der Waals surface area (Å²) in [5.41, 5.74) is 0. The van der Waals surface area contributed by atoms with Gasteiger partial charge in [-0.3, -0.25) is 4.21 Å². The zero-order valence-electron chi connectivity index (χ0n) is 9.49. The van der Waals surface area contributed by atoms with Crippen LogP contribution in [0.2, 0.25) is 0 Å². The molecule has 1 aliphatic rings. The maximum atomic E-state index is 13.5. The second-order valence-electron chi connectivity index (χ2n) is 4.61. The Morgan fingerprint density at radius 2 is 1.81 bits per heavy atom. The Labute approximate surface area is 98.5 Å². The van der Waals surface area contributed by atoms with Gasteiger partial charge in [-0.25, -0.2) is 4.39 Å². The van der Waals surface area contributed by atoms with Crippen molar-refractivity contribution in [3.63, 3.8) is 0 Å². The third-order valence-electron chi connectivity index (χ3n) is 3.32. The van der Waals surface area contributed by atoms with Crippen molar-refractivity contribution >= 4 is 10.8 Å². The minimum absolute atomic E-state index is 0.146. The van der Waals surface area contributed by atoms with Crippen LogP contribution in [-0.4, -0.2) is 9.46 Å². The van der Waals surface area contributed by atoms with E-state index in [-0.39, 0.29) is 11.1 Å². The Kier molecular flexibility index (Phi) is 3.74.